The second-order valence-electron chi connectivity index (χ2n) is 18.3. The number of carbonyl (C=O) groups is 3. The summed E-state index contributed by atoms with van der Waals surface area (Å²) < 4.78 is 16.8. The molecule has 59 heavy (non-hydrogen) atoms. The zero-order chi connectivity index (χ0) is 43.1. The quantitative estimate of drug-likeness (QED) is 0.0263. The van der Waals surface area contributed by atoms with Gasteiger partial charge in [0.25, 0.3) is 0 Å². The molecular formula is C53H100O6. The van der Waals surface area contributed by atoms with Crippen LogP contribution in [-0.4, -0.2) is 37.2 Å². The highest BCUT2D eigenvalue weighted by Crippen LogP contribution is 2.16. The highest BCUT2D eigenvalue weighted by Gasteiger charge is 2.19. The average Bonchev–Trinajstić information content (AvgIpc) is 3.22. The van der Waals surface area contributed by atoms with Gasteiger partial charge in [0.15, 0.2) is 6.10 Å². The molecule has 0 unspecified atom stereocenters. The van der Waals surface area contributed by atoms with Crippen LogP contribution >= 0.6 is 0 Å². The Labute approximate surface area is 367 Å². The lowest BCUT2D eigenvalue weighted by molar-refractivity contribution is -0.167. The fraction of sp³-hybridized carbons (Fsp3) is 0.906. The summed E-state index contributed by atoms with van der Waals surface area (Å²) in [6.07, 6.45) is 50.5. The van der Waals surface area contributed by atoms with Gasteiger partial charge in [-0.05, 0) is 50.9 Å². The molecule has 0 saturated heterocycles. The first kappa shape index (κ1) is 57.1. The van der Waals surface area contributed by atoms with Gasteiger partial charge in [0.05, 0.1) is 0 Å². The highest BCUT2D eigenvalue weighted by atomic mass is 16.6. The summed E-state index contributed by atoms with van der Waals surface area (Å²) in [6.45, 7) is 8.99. The SMILES string of the molecule is CCCCCCCCCCCCCCCC(=O)OCC(COC(=O)CCCCCCCCCCCCCCC)OC(=O)CCCCCCCC=CCCCCCC(C)C. The molecule has 0 atom stereocenters. The largest absolute Gasteiger partial charge is 0.462 e. The van der Waals surface area contributed by atoms with Crippen LogP contribution in [0.3, 0.4) is 0 Å². The van der Waals surface area contributed by atoms with E-state index in [1.807, 2.05) is 0 Å². The van der Waals surface area contributed by atoms with Gasteiger partial charge in [0, 0.05) is 19.3 Å². The lowest BCUT2D eigenvalue weighted by atomic mass is 10.0. The molecule has 0 aromatic heterocycles. The molecule has 0 amide bonds. The van der Waals surface area contributed by atoms with E-state index in [2.05, 4.69) is 39.8 Å². The molecule has 0 aromatic rings. The van der Waals surface area contributed by atoms with Crippen LogP contribution in [0.25, 0.3) is 0 Å². The molecular weight excluding hydrogens is 733 g/mol. The van der Waals surface area contributed by atoms with E-state index < -0.39 is 6.10 Å². The maximum atomic E-state index is 12.8. The van der Waals surface area contributed by atoms with E-state index in [0.717, 1.165) is 70.1 Å². The van der Waals surface area contributed by atoms with E-state index in [9.17, 15) is 14.4 Å². The molecule has 0 fully saturated rings. The fourth-order valence-electron chi connectivity index (χ4n) is 7.74. The van der Waals surface area contributed by atoms with Gasteiger partial charge in [0.2, 0.25) is 0 Å². The van der Waals surface area contributed by atoms with E-state index in [-0.39, 0.29) is 31.1 Å². The number of hydrogen-bond donors (Lipinski definition) is 0. The Hall–Kier alpha value is -1.85. The van der Waals surface area contributed by atoms with Crippen molar-refractivity contribution in [3.63, 3.8) is 0 Å². The van der Waals surface area contributed by atoms with Gasteiger partial charge in [-0.3, -0.25) is 14.4 Å². The third kappa shape index (κ3) is 47.1. The lowest BCUT2D eigenvalue weighted by Gasteiger charge is -2.18. The van der Waals surface area contributed by atoms with Crippen LogP contribution in [0.1, 0.15) is 285 Å². The number of esters is 3. The Balaban J connectivity index is 4.35. The molecule has 0 spiro atoms. The normalized spacial score (nSPS) is 11.6. The molecule has 0 aromatic carbocycles. The van der Waals surface area contributed by atoms with Gasteiger partial charge < -0.3 is 14.2 Å². The molecule has 0 aliphatic heterocycles. The van der Waals surface area contributed by atoms with Gasteiger partial charge in [-0.25, -0.2) is 0 Å². The van der Waals surface area contributed by atoms with E-state index in [0.29, 0.717) is 19.3 Å². The van der Waals surface area contributed by atoms with E-state index in [1.165, 1.54) is 173 Å². The summed E-state index contributed by atoms with van der Waals surface area (Å²) >= 11 is 0. The Morgan fingerprint density at radius 1 is 0.373 bits per heavy atom. The Bertz CT molecular complexity index is 883. The monoisotopic (exact) mass is 833 g/mol. The minimum absolute atomic E-state index is 0.0689. The smallest absolute Gasteiger partial charge is 0.306 e. The Morgan fingerprint density at radius 2 is 0.661 bits per heavy atom. The molecule has 0 radical (unpaired) electrons. The first-order chi connectivity index (χ1) is 28.9. The molecule has 0 aliphatic carbocycles. The van der Waals surface area contributed by atoms with Crippen LogP contribution in [0.15, 0.2) is 12.2 Å². The third-order valence-electron chi connectivity index (χ3n) is 11.7. The van der Waals surface area contributed by atoms with Crippen molar-refractivity contribution in [2.75, 3.05) is 13.2 Å². The van der Waals surface area contributed by atoms with Gasteiger partial charge in [-0.1, -0.05) is 232 Å². The molecule has 348 valence electrons. The minimum Gasteiger partial charge on any atom is -0.462 e. The van der Waals surface area contributed by atoms with Crippen molar-refractivity contribution < 1.29 is 28.6 Å². The zero-order valence-corrected chi connectivity index (χ0v) is 40.0. The Kier molecular flexibility index (Phi) is 45.7. The van der Waals surface area contributed by atoms with Crippen molar-refractivity contribution in [3.8, 4) is 0 Å². The predicted octanol–water partition coefficient (Wildman–Crippen LogP) is 16.8. The van der Waals surface area contributed by atoms with Crippen molar-refractivity contribution in [2.24, 2.45) is 5.92 Å². The summed E-state index contributed by atoms with van der Waals surface area (Å²) in [4.78, 5) is 37.9. The molecule has 0 rings (SSSR count). The second kappa shape index (κ2) is 47.2. The number of allylic oxidation sites excluding steroid dienone is 2. The number of carbonyl (C=O) groups excluding carboxylic acids is 3. The van der Waals surface area contributed by atoms with Crippen molar-refractivity contribution >= 4 is 17.9 Å². The van der Waals surface area contributed by atoms with Crippen molar-refractivity contribution in [1.82, 2.24) is 0 Å². The predicted molar refractivity (Wildman–Crippen MR) is 252 cm³/mol. The highest BCUT2D eigenvalue weighted by molar-refractivity contribution is 5.71. The standard InChI is InChI=1S/C53H100O6/c1-5-7-9-11-13-15-17-19-24-28-32-36-40-44-51(54)57-47-50(48-58-52(55)45-41-37-33-29-25-20-18-16-14-12-10-8-6-2)59-53(56)46-42-38-34-30-26-22-21-23-27-31-35-39-43-49(3)4/h21,23,49-50H,5-20,22,24-48H2,1-4H3. The summed E-state index contributed by atoms with van der Waals surface area (Å²) in [5.41, 5.74) is 0. The van der Waals surface area contributed by atoms with Crippen LogP contribution in [-0.2, 0) is 28.6 Å². The van der Waals surface area contributed by atoms with Gasteiger partial charge >= 0.3 is 17.9 Å². The molecule has 6 heteroatoms. The van der Waals surface area contributed by atoms with Gasteiger partial charge in [0.1, 0.15) is 13.2 Å². The van der Waals surface area contributed by atoms with Gasteiger partial charge in [-0.15, -0.1) is 0 Å². The first-order valence-corrected chi connectivity index (χ1v) is 26.0. The second-order valence-corrected chi connectivity index (χ2v) is 18.3. The van der Waals surface area contributed by atoms with Crippen molar-refractivity contribution in [3.05, 3.63) is 12.2 Å². The van der Waals surface area contributed by atoms with Crippen LogP contribution < -0.4 is 0 Å². The summed E-state index contributed by atoms with van der Waals surface area (Å²) in [5, 5.41) is 0. The van der Waals surface area contributed by atoms with Crippen molar-refractivity contribution in [1.29, 1.82) is 0 Å². The maximum Gasteiger partial charge on any atom is 0.306 e. The Morgan fingerprint density at radius 3 is 1.00 bits per heavy atom. The minimum atomic E-state index is -0.768. The first-order valence-electron chi connectivity index (χ1n) is 26.0. The van der Waals surface area contributed by atoms with Crippen LogP contribution in [0.4, 0.5) is 0 Å². The maximum absolute atomic E-state index is 12.8. The number of unbranched alkanes of at least 4 members (excludes halogenated alkanes) is 32. The molecule has 0 aliphatic rings. The fourth-order valence-corrected chi connectivity index (χ4v) is 7.74. The summed E-state index contributed by atoms with van der Waals surface area (Å²) in [5.74, 6) is -0.0488. The number of ether oxygens (including phenoxy) is 3. The molecule has 0 bridgehead atoms. The lowest BCUT2D eigenvalue weighted by Crippen LogP contribution is -2.30. The molecule has 6 nitrogen and oxygen atoms in total. The average molecular weight is 833 g/mol. The third-order valence-corrected chi connectivity index (χ3v) is 11.7. The van der Waals surface area contributed by atoms with E-state index in [1.54, 1.807) is 0 Å². The number of hydrogen-bond acceptors (Lipinski definition) is 6. The van der Waals surface area contributed by atoms with Crippen LogP contribution in [0.5, 0.6) is 0 Å². The zero-order valence-electron chi connectivity index (χ0n) is 40.0. The van der Waals surface area contributed by atoms with E-state index in [4.69, 9.17) is 14.2 Å². The van der Waals surface area contributed by atoms with Crippen molar-refractivity contribution in [2.45, 2.75) is 291 Å². The van der Waals surface area contributed by atoms with E-state index >= 15 is 0 Å². The summed E-state index contributed by atoms with van der Waals surface area (Å²) in [7, 11) is 0. The van der Waals surface area contributed by atoms with Crippen LogP contribution in [0, 0.1) is 5.92 Å². The molecule has 0 N–H and O–H groups in total. The molecule has 0 heterocycles. The summed E-state index contributed by atoms with van der Waals surface area (Å²) in [6, 6.07) is 0. The van der Waals surface area contributed by atoms with Crippen LogP contribution in [0.2, 0.25) is 0 Å². The van der Waals surface area contributed by atoms with Gasteiger partial charge in [-0.2, -0.15) is 0 Å². The molecule has 0 saturated carbocycles. The topological polar surface area (TPSA) is 78.9 Å². The number of rotatable bonds is 47.